The molecular formula is C26H34. The summed E-state index contributed by atoms with van der Waals surface area (Å²) in [5, 5.41) is 0. The average molecular weight is 347 g/mol. The van der Waals surface area contributed by atoms with E-state index in [0.717, 1.165) is 0 Å². The van der Waals surface area contributed by atoms with Crippen LogP contribution in [0.1, 0.15) is 70.7 Å². The molecular weight excluding hydrogens is 312 g/mol. The normalized spacial score (nSPS) is 11.5. The zero-order valence-electron chi connectivity index (χ0n) is 17.8. The Hall–Kier alpha value is -2.34. The summed E-state index contributed by atoms with van der Waals surface area (Å²) in [5.41, 5.74) is 10.4. The molecule has 2 rings (SSSR count). The molecule has 0 N–H and O–H groups in total. The Balaban J connectivity index is 0.00000163. The maximum atomic E-state index is 2.23. The Morgan fingerprint density at radius 1 is 0.731 bits per heavy atom. The molecule has 138 valence electrons. The molecule has 0 aliphatic rings. The van der Waals surface area contributed by atoms with E-state index in [4.69, 9.17) is 0 Å². The van der Waals surface area contributed by atoms with Crippen molar-refractivity contribution in [3.63, 3.8) is 0 Å². The molecule has 0 amide bonds. The molecule has 0 saturated heterocycles. The fourth-order valence-electron chi connectivity index (χ4n) is 3.01. The third-order valence-electron chi connectivity index (χ3n) is 4.60. The second-order valence-corrected chi connectivity index (χ2v) is 6.44. The van der Waals surface area contributed by atoms with Crippen molar-refractivity contribution in [2.75, 3.05) is 0 Å². The van der Waals surface area contributed by atoms with Gasteiger partial charge in [-0.25, -0.2) is 0 Å². The van der Waals surface area contributed by atoms with Crippen molar-refractivity contribution in [2.24, 2.45) is 0 Å². The summed E-state index contributed by atoms with van der Waals surface area (Å²) >= 11 is 0. The van der Waals surface area contributed by atoms with Gasteiger partial charge < -0.3 is 0 Å². The summed E-state index contributed by atoms with van der Waals surface area (Å²) in [6.07, 6.45) is 4.44. The number of rotatable bonds is 4. The van der Waals surface area contributed by atoms with E-state index in [-0.39, 0.29) is 0 Å². The van der Waals surface area contributed by atoms with Gasteiger partial charge in [-0.15, -0.1) is 0 Å². The summed E-state index contributed by atoms with van der Waals surface area (Å²) in [4.78, 5) is 0. The Bertz CT molecular complexity index is 792. The zero-order valence-corrected chi connectivity index (χ0v) is 17.8. The third kappa shape index (κ3) is 5.08. The maximum absolute atomic E-state index is 2.23. The fraction of sp³-hybridized carbons (Fsp3) is 0.308. The monoisotopic (exact) mass is 346 g/mol. The van der Waals surface area contributed by atoms with Crippen molar-refractivity contribution >= 4 is 11.1 Å². The van der Waals surface area contributed by atoms with E-state index in [1.54, 1.807) is 0 Å². The van der Waals surface area contributed by atoms with Crippen molar-refractivity contribution in [1.29, 1.82) is 0 Å². The van der Waals surface area contributed by atoms with Crippen molar-refractivity contribution in [3.8, 4) is 0 Å². The van der Waals surface area contributed by atoms with Crippen LogP contribution >= 0.6 is 0 Å². The molecule has 0 spiro atoms. The van der Waals surface area contributed by atoms with Crippen LogP contribution in [0.25, 0.3) is 11.1 Å². The first kappa shape index (κ1) is 21.7. The second-order valence-electron chi connectivity index (χ2n) is 6.44. The van der Waals surface area contributed by atoms with Gasteiger partial charge >= 0.3 is 0 Å². The van der Waals surface area contributed by atoms with Crippen LogP contribution in [-0.2, 0) is 0 Å². The average Bonchev–Trinajstić information content (AvgIpc) is 2.67. The molecule has 0 radical (unpaired) electrons. The Morgan fingerprint density at radius 3 is 1.73 bits per heavy atom. The molecule has 0 atom stereocenters. The van der Waals surface area contributed by atoms with E-state index in [0.29, 0.717) is 0 Å². The lowest BCUT2D eigenvalue weighted by atomic mass is 9.87. The topological polar surface area (TPSA) is 0 Å². The molecule has 0 aliphatic heterocycles. The van der Waals surface area contributed by atoms with Gasteiger partial charge in [-0.05, 0) is 75.0 Å². The van der Waals surface area contributed by atoms with Gasteiger partial charge in [0.2, 0.25) is 0 Å². The summed E-state index contributed by atoms with van der Waals surface area (Å²) < 4.78 is 0. The van der Waals surface area contributed by atoms with Gasteiger partial charge in [0.15, 0.2) is 0 Å². The van der Waals surface area contributed by atoms with Crippen LogP contribution in [0.3, 0.4) is 0 Å². The Morgan fingerprint density at radius 2 is 1.27 bits per heavy atom. The molecule has 0 saturated carbocycles. The number of benzene rings is 2. The highest BCUT2D eigenvalue weighted by molar-refractivity contribution is 5.90. The quantitative estimate of drug-likeness (QED) is 0.489. The lowest BCUT2D eigenvalue weighted by Crippen LogP contribution is -1.97. The van der Waals surface area contributed by atoms with Crippen LogP contribution < -0.4 is 0 Å². The first-order chi connectivity index (χ1) is 12.5. The molecule has 0 heterocycles. The van der Waals surface area contributed by atoms with Crippen molar-refractivity contribution in [3.05, 3.63) is 94.1 Å². The minimum absolute atomic E-state index is 1.26. The molecule has 2 aromatic rings. The maximum Gasteiger partial charge on any atom is -0.0103 e. The summed E-state index contributed by atoms with van der Waals surface area (Å²) in [5.74, 6) is 0. The van der Waals surface area contributed by atoms with Gasteiger partial charge in [0.25, 0.3) is 0 Å². The van der Waals surface area contributed by atoms with Gasteiger partial charge in [0.05, 0.1) is 0 Å². The highest BCUT2D eigenvalue weighted by Crippen LogP contribution is 2.34. The van der Waals surface area contributed by atoms with E-state index in [1.165, 1.54) is 44.5 Å². The van der Waals surface area contributed by atoms with Crippen LogP contribution in [0.5, 0.6) is 0 Å². The smallest absolute Gasteiger partial charge is 0.0103 e. The van der Waals surface area contributed by atoms with Crippen LogP contribution in [0.4, 0.5) is 0 Å². The van der Waals surface area contributed by atoms with Crippen molar-refractivity contribution < 1.29 is 0 Å². The van der Waals surface area contributed by atoms with E-state index < -0.39 is 0 Å². The first-order valence-corrected chi connectivity index (χ1v) is 9.63. The number of allylic oxidation sites excluding steroid dienone is 5. The Kier molecular flexibility index (Phi) is 8.85. The van der Waals surface area contributed by atoms with Gasteiger partial charge in [-0.1, -0.05) is 85.7 Å². The number of hydrogen-bond acceptors (Lipinski definition) is 0. The first-order valence-electron chi connectivity index (χ1n) is 9.63. The molecule has 0 bridgehead atoms. The zero-order chi connectivity index (χ0) is 19.7. The minimum atomic E-state index is 1.26. The highest BCUT2D eigenvalue weighted by Gasteiger charge is 2.13. The molecule has 2 aromatic carbocycles. The van der Waals surface area contributed by atoms with E-state index >= 15 is 0 Å². The molecule has 0 fully saturated rings. The number of aryl methyl sites for hydroxylation is 1. The molecule has 0 aromatic heterocycles. The van der Waals surface area contributed by atoms with Crippen LogP contribution in [0, 0.1) is 6.92 Å². The second kappa shape index (κ2) is 10.6. The van der Waals surface area contributed by atoms with Gasteiger partial charge in [0.1, 0.15) is 0 Å². The van der Waals surface area contributed by atoms with Gasteiger partial charge in [0, 0.05) is 0 Å². The van der Waals surface area contributed by atoms with Gasteiger partial charge in [-0.3, -0.25) is 0 Å². The molecule has 0 nitrogen and oxygen atoms in total. The summed E-state index contributed by atoms with van der Waals surface area (Å²) in [7, 11) is 0. The minimum Gasteiger partial charge on any atom is -0.0795 e. The predicted octanol–water partition coefficient (Wildman–Crippen LogP) is 8.23. The summed E-state index contributed by atoms with van der Waals surface area (Å²) in [6, 6.07) is 17.5. The van der Waals surface area contributed by atoms with E-state index in [9.17, 15) is 0 Å². The Labute approximate surface area is 161 Å². The largest absolute Gasteiger partial charge is 0.0795 e. The predicted molar refractivity (Wildman–Crippen MR) is 119 cm³/mol. The summed E-state index contributed by atoms with van der Waals surface area (Å²) in [6.45, 7) is 16.9. The highest BCUT2D eigenvalue weighted by atomic mass is 14.2. The SMILES string of the molecule is C/C=C(\C(C)=C(C)C)c1ccccc1/C(=C\C)c1ccc(C)cc1.CC. The standard InChI is InChI=1S/C24H28.C2H6/c1-7-21(19(6)17(3)4)23-11-9-10-12-24(23)22(8-2)20-15-13-18(5)14-16-20;1-2/h7-16H,1-6H3;1-2H3/b21-7+,22-8-;. The lowest BCUT2D eigenvalue weighted by Gasteiger charge is -2.17. The number of hydrogen-bond donors (Lipinski definition) is 0. The molecule has 0 unspecified atom stereocenters. The fourth-order valence-corrected chi connectivity index (χ4v) is 3.01. The van der Waals surface area contributed by atoms with Gasteiger partial charge in [-0.2, -0.15) is 0 Å². The van der Waals surface area contributed by atoms with Crippen molar-refractivity contribution in [1.82, 2.24) is 0 Å². The van der Waals surface area contributed by atoms with Crippen LogP contribution in [0.15, 0.2) is 71.8 Å². The van der Waals surface area contributed by atoms with Crippen LogP contribution in [0.2, 0.25) is 0 Å². The molecule has 0 heteroatoms. The third-order valence-corrected chi connectivity index (χ3v) is 4.60. The van der Waals surface area contributed by atoms with E-state index in [1.807, 2.05) is 13.8 Å². The van der Waals surface area contributed by atoms with Crippen LogP contribution in [-0.4, -0.2) is 0 Å². The van der Waals surface area contributed by atoms with E-state index in [2.05, 4.69) is 102 Å². The molecule has 0 aliphatic carbocycles. The molecule has 26 heavy (non-hydrogen) atoms. The van der Waals surface area contributed by atoms with Crippen molar-refractivity contribution in [2.45, 2.75) is 55.4 Å². The lowest BCUT2D eigenvalue weighted by molar-refractivity contribution is 1.29.